The van der Waals surface area contributed by atoms with Crippen molar-refractivity contribution in [1.29, 1.82) is 0 Å². The molecular formula is C22H20F3NO6. The van der Waals surface area contributed by atoms with E-state index in [0.29, 0.717) is 5.56 Å². The zero-order valence-electron chi connectivity index (χ0n) is 17.3. The lowest BCUT2D eigenvalue weighted by molar-refractivity contribution is -0.139. The van der Waals surface area contributed by atoms with Crippen molar-refractivity contribution < 1.29 is 41.8 Å². The lowest BCUT2D eigenvalue weighted by Gasteiger charge is -2.18. The predicted octanol–water partition coefficient (Wildman–Crippen LogP) is 3.45. The highest BCUT2D eigenvalue weighted by Gasteiger charge is 2.36. The fourth-order valence-corrected chi connectivity index (χ4v) is 3.34. The molecule has 3 rings (SSSR count). The van der Waals surface area contributed by atoms with Gasteiger partial charge in [0, 0.05) is 19.5 Å². The molecule has 1 amide bonds. The van der Waals surface area contributed by atoms with Crippen LogP contribution >= 0.6 is 0 Å². The van der Waals surface area contributed by atoms with Gasteiger partial charge in [0.2, 0.25) is 5.91 Å². The van der Waals surface area contributed by atoms with Crippen LogP contribution in [0.1, 0.15) is 27.9 Å². The van der Waals surface area contributed by atoms with Crippen LogP contribution in [0.5, 0.6) is 11.5 Å². The van der Waals surface area contributed by atoms with Gasteiger partial charge >= 0.3 is 18.1 Å². The minimum absolute atomic E-state index is 0.0104. The molecule has 0 bridgehead atoms. The quantitative estimate of drug-likeness (QED) is 0.494. The van der Waals surface area contributed by atoms with Crippen LogP contribution in [-0.2, 0) is 27.0 Å². The summed E-state index contributed by atoms with van der Waals surface area (Å²) in [5.74, 6) is -2.24. The predicted molar refractivity (Wildman–Crippen MR) is 105 cm³/mol. The van der Waals surface area contributed by atoms with Gasteiger partial charge in [-0.15, -0.1) is 0 Å². The monoisotopic (exact) mass is 451 g/mol. The molecule has 10 heteroatoms. The van der Waals surface area contributed by atoms with E-state index in [2.05, 4.69) is 4.74 Å². The molecule has 170 valence electrons. The number of esters is 2. The Kier molecular flexibility index (Phi) is 6.71. The third kappa shape index (κ3) is 5.19. The van der Waals surface area contributed by atoms with Crippen LogP contribution in [0.4, 0.5) is 13.2 Å². The van der Waals surface area contributed by atoms with E-state index in [9.17, 15) is 27.6 Å². The first-order valence-electron chi connectivity index (χ1n) is 9.54. The normalized spacial score (nSPS) is 16.1. The number of carbonyl (C=O) groups is 3. The Bertz CT molecular complexity index is 1040. The van der Waals surface area contributed by atoms with Gasteiger partial charge in [-0.1, -0.05) is 12.1 Å². The molecule has 1 saturated heterocycles. The fraction of sp³-hybridized carbons (Fsp3) is 0.318. The highest BCUT2D eigenvalue weighted by molar-refractivity contribution is 5.91. The van der Waals surface area contributed by atoms with E-state index in [0.717, 1.165) is 12.1 Å². The number of benzene rings is 2. The number of alkyl halides is 3. The Hall–Kier alpha value is -3.56. The summed E-state index contributed by atoms with van der Waals surface area (Å²) in [5.41, 5.74) is -0.296. The largest absolute Gasteiger partial charge is 0.493 e. The molecule has 0 aliphatic carbocycles. The number of amides is 1. The maximum absolute atomic E-state index is 12.9. The summed E-state index contributed by atoms with van der Waals surface area (Å²) >= 11 is 0. The van der Waals surface area contributed by atoms with E-state index in [1.54, 1.807) is 0 Å². The van der Waals surface area contributed by atoms with E-state index in [1.807, 2.05) is 0 Å². The average molecular weight is 451 g/mol. The van der Waals surface area contributed by atoms with Crippen LogP contribution < -0.4 is 9.47 Å². The number of rotatable bonds is 6. The molecule has 32 heavy (non-hydrogen) atoms. The molecule has 0 N–H and O–H groups in total. The lowest BCUT2D eigenvalue weighted by Crippen LogP contribution is -2.27. The molecule has 1 aliphatic heterocycles. The number of nitrogens with zero attached hydrogens (tertiary/aromatic N) is 1. The van der Waals surface area contributed by atoms with Gasteiger partial charge < -0.3 is 19.1 Å². The van der Waals surface area contributed by atoms with Crippen LogP contribution in [0.15, 0.2) is 42.5 Å². The molecule has 2 aromatic carbocycles. The summed E-state index contributed by atoms with van der Waals surface area (Å²) in [6, 6.07) is 8.82. The minimum atomic E-state index is -4.49. The molecule has 1 heterocycles. The second kappa shape index (κ2) is 9.29. The third-order valence-corrected chi connectivity index (χ3v) is 4.97. The third-order valence-electron chi connectivity index (χ3n) is 4.97. The summed E-state index contributed by atoms with van der Waals surface area (Å²) in [4.78, 5) is 37.9. The van der Waals surface area contributed by atoms with Crippen molar-refractivity contribution in [2.75, 3.05) is 20.8 Å². The topological polar surface area (TPSA) is 82.1 Å². The van der Waals surface area contributed by atoms with Crippen LogP contribution in [0.3, 0.4) is 0 Å². The van der Waals surface area contributed by atoms with Crippen molar-refractivity contribution in [2.24, 2.45) is 5.92 Å². The van der Waals surface area contributed by atoms with Gasteiger partial charge in [-0.05, 0) is 35.9 Å². The van der Waals surface area contributed by atoms with Crippen LogP contribution in [-0.4, -0.2) is 43.5 Å². The minimum Gasteiger partial charge on any atom is -0.493 e. The van der Waals surface area contributed by atoms with Crippen molar-refractivity contribution in [3.63, 3.8) is 0 Å². The van der Waals surface area contributed by atoms with E-state index < -0.39 is 29.6 Å². The molecule has 1 fully saturated rings. The van der Waals surface area contributed by atoms with Gasteiger partial charge in [0.1, 0.15) is 0 Å². The van der Waals surface area contributed by atoms with E-state index in [4.69, 9.17) is 9.47 Å². The SMILES string of the molecule is COC(=O)c1ccc(OC(=O)C2CC(=O)N(Cc3cccc(C(F)(F)F)c3)C2)c(OC)c1. The Balaban J connectivity index is 1.67. The van der Waals surface area contributed by atoms with Crippen molar-refractivity contribution in [3.05, 3.63) is 59.2 Å². The van der Waals surface area contributed by atoms with Crippen LogP contribution in [0.2, 0.25) is 0 Å². The summed E-state index contributed by atoms with van der Waals surface area (Å²) in [6.45, 7) is -0.0415. The van der Waals surface area contributed by atoms with E-state index in [1.165, 1.54) is 49.5 Å². The second-order valence-electron chi connectivity index (χ2n) is 7.15. The van der Waals surface area contributed by atoms with Crippen molar-refractivity contribution >= 4 is 17.8 Å². The van der Waals surface area contributed by atoms with Gasteiger partial charge in [-0.3, -0.25) is 9.59 Å². The Labute approximate surface area is 181 Å². The second-order valence-corrected chi connectivity index (χ2v) is 7.15. The maximum atomic E-state index is 12.9. The Morgan fingerprint density at radius 3 is 2.50 bits per heavy atom. The summed E-state index contributed by atoms with van der Waals surface area (Å²) in [5, 5.41) is 0. The zero-order chi connectivity index (χ0) is 23.5. The van der Waals surface area contributed by atoms with E-state index in [-0.39, 0.29) is 42.5 Å². The standard InChI is InChI=1S/C22H20F3NO6/c1-30-18-9-14(20(28)31-2)6-7-17(18)32-21(29)15-10-19(27)26(12-15)11-13-4-3-5-16(8-13)22(23,24)25/h3-9,15H,10-12H2,1-2H3. The molecule has 0 saturated carbocycles. The van der Waals surface area contributed by atoms with Gasteiger partial charge in [-0.25, -0.2) is 4.79 Å². The van der Waals surface area contributed by atoms with Crippen LogP contribution in [0.25, 0.3) is 0 Å². The number of halogens is 3. The number of ether oxygens (including phenoxy) is 3. The fourth-order valence-electron chi connectivity index (χ4n) is 3.34. The Morgan fingerprint density at radius 1 is 1.09 bits per heavy atom. The average Bonchev–Trinajstić information content (AvgIpc) is 3.13. The summed E-state index contributed by atoms with van der Waals surface area (Å²) in [7, 11) is 2.56. The smallest absolute Gasteiger partial charge is 0.416 e. The van der Waals surface area contributed by atoms with Gasteiger partial charge in [0.15, 0.2) is 11.5 Å². The molecule has 0 radical (unpaired) electrons. The zero-order valence-corrected chi connectivity index (χ0v) is 17.3. The first kappa shape index (κ1) is 23.1. The number of methoxy groups -OCH3 is 2. The maximum Gasteiger partial charge on any atom is 0.416 e. The molecule has 1 unspecified atom stereocenters. The summed E-state index contributed by atoms with van der Waals surface area (Å²) < 4.78 is 53.9. The number of hydrogen-bond donors (Lipinski definition) is 0. The molecule has 7 nitrogen and oxygen atoms in total. The molecule has 1 aliphatic rings. The number of hydrogen-bond acceptors (Lipinski definition) is 6. The summed E-state index contributed by atoms with van der Waals surface area (Å²) in [6.07, 6.45) is -4.61. The van der Waals surface area contributed by atoms with Gasteiger partial charge in [0.25, 0.3) is 0 Å². The van der Waals surface area contributed by atoms with Gasteiger partial charge in [-0.2, -0.15) is 13.2 Å². The first-order chi connectivity index (χ1) is 15.1. The molecule has 0 spiro atoms. The van der Waals surface area contributed by atoms with Crippen LogP contribution in [0, 0.1) is 5.92 Å². The number of likely N-dealkylation sites (tertiary alicyclic amines) is 1. The molecule has 2 aromatic rings. The lowest BCUT2D eigenvalue weighted by atomic mass is 10.1. The number of carbonyl (C=O) groups excluding carboxylic acids is 3. The highest BCUT2D eigenvalue weighted by atomic mass is 19.4. The first-order valence-corrected chi connectivity index (χ1v) is 9.54. The van der Waals surface area contributed by atoms with E-state index >= 15 is 0 Å². The molecule has 0 aromatic heterocycles. The van der Waals surface area contributed by atoms with Crippen molar-refractivity contribution in [3.8, 4) is 11.5 Å². The van der Waals surface area contributed by atoms with Crippen molar-refractivity contribution in [2.45, 2.75) is 19.1 Å². The Morgan fingerprint density at radius 2 is 1.84 bits per heavy atom. The van der Waals surface area contributed by atoms with Gasteiger partial charge in [0.05, 0.1) is 31.3 Å². The van der Waals surface area contributed by atoms with Crippen molar-refractivity contribution in [1.82, 2.24) is 4.90 Å². The molecular weight excluding hydrogens is 431 g/mol. The molecule has 1 atom stereocenters. The highest BCUT2D eigenvalue weighted by Crippen LogP contribution is 2.32.